The molecule has 0 spiro atoms. The fourth-order valence-corrected chi connectivity index (χ4v) is 2.05. The quantitative estimate of drug-likeness (QED) is 0.848. The molecule has 5 heteroatoms. The monoisotopic (exact) mass is 287 g/mol. The first-order valence-corrected chi connectivity index (χ1v) is 7.48. The van der Waals surface area contributed by atoms with Crippen LogP contribution in [-0.4, -0.2) is 16.2 Å². The molecule has 2 aromatic rings. The van der Waals surface area contributed by atoms with E-state index in [2.05, 4.69) is 35.4 Å². The van der Waals surface area contributed by atoms with Crippen LogP contribution in [0.3, 0.4) is 0 Å². The highest BCUT2D eigenvalue weighted by Gasteiger charge is 2.28. The maximum Gasteiger partial charge on any atom is 0.264 e. The fourth-order valence-electron chi connectivity index (χ4n) is 2.05. The predicted octanol–water partition coefficient (Wildman–Crippen LogP) is 3.02. The third-order valence-electron chi connectivity index (χ3n) is 3.40. The number of rotatable bonds is 7. The van der Waals surface area contributed by atoms with Crippen molar-refractivity contribution in [2.24, 2.45) is 0 Å². The number of nitrogens with one attached hydrogen (secondary N) is 1. The molecular weight excluding hydrogens is 266 g/mol. The van der Waals surface area contributed by atoms with Gasteiger partial charge >= 0.3 is 0 Å². The molecule has 5 nitrogen and oxygen atoms in total. The lowest BCUT2D eigenvalue weighted by Crippen LogP contribution is -2.21. The summed E-state index contributed by atoms with van der Waals surface area (Å²) in [6.45, 7) is 5.42. The third-order valence-corrected chi connectivity index (χ3v) is 3.40. The molecule has 1 aliphatic rings. The van der Waals surface area contributed by atoms with Gasteiger partial charge in [-0.15, -0.1) is 0 Å². The zero-order valence-electron chi connectivity index (χ0n) is 12.5. The molecular formula is C16H21N3O2. The highest BCUT2D eigenvalue weighted by molar-refractivity contribution is 5.28. The van der Waals surface area contributed by atoms with Crippen LogP contribution < -0.4 is 10.1 Å². The topological polar surface area (TPSA) is 60.2 Å². The second kappa shape index (κ2) is 6.26. The van der Waals surface area contributed by atoms with Gasteiger partial charge in [0.05, 0.1) is 0 Å². The summed E-state index contributed by atoms with van der Waals surface area (Å²) in [7, 11) is 0. The lowest BCUT2D eigenvalue weighted by molar-refractivity contribution is 0.242. The lowest BCUT2D eigenvalue weighted by atomic mass is 10.2. The molecule has 0 saturated heterocycles. The number of aromatic nitrogens is 2. The molecule has 0 atom stereocenters. The van der Waals surface area contributed by atoms with E-state index in [1.165, 1.54) is 18.4 Å². The summed E-state index contributed by atoms with van der Waals surface area (Å²) in [4.78, 5) is 4.35. The largest absolute Gasteiger partial charge is 0.484 e. The van der Waals surface area contributed by atoms with Crippen LogP contribution in [0, 0.1) is 0 Å². The first-order chi connectivity index (χ1) is 10.2. The summed E-state index contributed by atoms with van der Waals surface area (Å²) in [6.07, 6.45) is 2.34. The van der Waals surface area contributed by atoms with E-state index in [0.29, 0.717) is 24.5 Å². The maximum atomic E-state index is 5.73. The molecule has 0 aliphatic heterocycles. The Labute approximate surface area is 124 Å². The number of hydrogen-bond donors (Lipinski definition) is 1. The van der Waals surface area contributed by atoms with Crippen molar-refractivity contribution < 1.29 is 9.26 Å². The second-order valence-corrected chi connectivity index (χ2v) is 5.79. The van der Waals surface area contributed by atoms with Crippen molar-refractivity contribution in [1.82, 2.24) is 15.5 Å². The van der Waals surface area contributed by atoms with Crippen LogP contribution in [0.15, 0.2) is 28.8 Å². The van der Waals surface area contributed by atoms with E-state index in [1.54, 1.807) is 0 Å². The van der Waals surface area contributed by atoms with E-state index in [0.717, 1.165) is 18.1 Å². The molecule has 3 rings (SSSR count). The fraction of sp³-hybridized carbons (Fsp3) is 0.500. The van der Waals surface area contributed by atoms with E-state index >= 15 is 0 Å². The average Bonchev–Trinajstić information content (AvgIpc) is 3.22. The van der Waals surface area contributed by atoms with Gasteiger partial charge in [-0.1, -0.05) is 31.1 Å². The van der Waals surface area contributed by atoms with Gasteiger partial charge in [0, 0.05) is 18.5 Å². The molecule has 1 saturated carbocycles. The molecule has 112 valence electrons. The maximum absolute atomic E-state index is 5.73. The van der Waals surface area contributed by atoms with Crippen molar-refractivity contribution in [3.63, 3.8) is 0 Å². The molecule has 1 heterocycles. The van der Waals surface area contributed by atoms with Crippen LogP contribution in [0.25, 0.3) is 0 Å². The Kier molecular flexibility index (Phi) is 4.20. The van der Waals surface area contributed by atoms with Gasteiger partial charge < -0.3 is 14.6 Å². The number of ether oxygens (including phenoxy) is 1. The van der Waals surface area contributed by atoms with Crippen LogP contribution >= 0.6 is 0 Å². The Balaban J connectivity index is 1.55. The second-order valence-electron chi connectivity index (χ2n) is 5.79. The molecule has 1 N–H and O–H groups in total. The van der Waals surface area contributed by atoms with Gasteiger partial charge in [-0.25, -0.2) is 0 Å². The molecule has 0 unspecified atom stereocenters. The first-order valence-electron chi connectivity index (χ1n) is 7.48. The molecule has 1 aliphatic carbocycles. The molecule has 1 aromatic carbocycles. The molecule has 0 bridgehead atoms. The van der Waals surface area contributed by atoms with E-state index in [-0.39, 0.29) is 0 Å². The lowest BCUT2D eigenvalue weighted by Gasteiger charge is -2.09. The smallest absolute Gasteiger partial charge is 0.264 e. The van der Waals surface area contributed by atoms with E-state index in [4.69, 9.17) is 9.26 Å². The summed E-state index contributed by atoms with van der Waals surface area (Å²) in [5.41, 5.74) is 1.20. The minimum atomic E-state index is 0.320. The van der Waals surface area contributed by atoms with Gasteiger partial charge in [-0.2, -0.15) is 4.98 Å². The summed E-state index contributed by atoms with van der Waals surface area (Å²) >= 11 is 0. The predicted molar refractivity (Wildman–Crippen MR) is 79.0 cm³/mol. The summed E-state index contributed by atoms with van der Waals surface area (Å²) in [6, 6.07) is 8.52. The Morgan fingerprint density at radius 1 is 1.38 bits per heavy atom. The molecule has 21 heavy (non-hydrogen) atoms. The summed E-state index contributed by atoms with van der Waals surface area (Å²) in [5.74, 6) is 2.70. The number of benzene rings is 1. The van der Waals surface area contributed by atoms with Gasteiger partial charge in [-0.3, -0.25) is 0 Å². The Morgan fingerprint density at radius 3 is 3.00 bits per heavy atom. The van der Waals surface area contributed by atoms with Gasteiger partial charge in [0.1, 0.15) is 5.75 Å². The average molecular weight is 287 g/mol. The van der Waals surface area contributed by atoms with Crippen LogP contribution in [0.2, 0.25) is 0 Å². The third kappa shape index (κ3) is 4.04. The van der Waals surface area contributed by atoms with Crippen LogP contribution in [0.1, 0.15) is 49.9 Å². The van der Waals surface area contributed by atoms with Gasteiger partial charge in [0.2, 0.25) is 0 Å². The number of hydrogen-bond acceptors (Lipinski definition) is 5. The van der Waals surface area contributed by atoms with E-state index < -0.39 is 0 Å². The Hall–Kier alpha value is -1.88. The van der Waals surface area contributed by atoms with E-state index in [9.17, 15) is 0 Å². The molecule has 1 fully saturated rings. The molecule has 0 amide bonds. The van der Waals surface area contributed by atoms with Gasteiger partial charge in [0.15, 0.2) is 12.4 Å². The SMILES string of the molecule is CC(C)NCc1cccc(OCc2nc(C3CC3)no2)c1. The highest BCUT2D eigenvalue weighted by atomic mass is 16.5. The summed E-state index contributed by atoms with van der Waals surface area (Å²) < 4.78 is 10.9. The van der Waals surface area contributed by atoms with Crippen molar-refractivity contribution in [3.05, 3.63) is 41.5 Å². The van der Waals surface area contributed by atoms with Crippen LogP contribution in [0.4, 0.5) is 0 Å². The van der Waals surface area contributed by atoms with Gasteiger partial charge in [-0.05, 0) is 30.5 Å². The van der Waals surface area contributed by atoms with E-state index in [1.807, 2.05) is 18.2 Å². The van der Waals surface area contributed by atoms with Crippen LogP contribution in [0.5, 0.6) is 5.75 Å². The minimum absolute atomic E-state index is 0.320. The highest BCUT2D eigenvalue weighted by Crippen LogP contribution is 2.38. The zero-order chi connectivity index (χ0) is 14.7. The summed E-state index contributed by atoms with van der Waals surface area (Å²) in [5, 5.41) is 7.37. The Morgan fingerprint density at radius 2 is 2.24 bits per heavy atom. The van der Waals surface area contributed by atoms with Gasteiger partial charge in [0.25, 0.3) is 5.89 Å². The minimum Gasteiger partial charge on any atom is -0.484 e. The Bertz CT molecular complexity index is 591. The molecule has 1 aromatic heterocycles. The van der Waals surface area contributed by atoms with Crippen molar-refractivity contribution in [2.75, 3.05) is 0 Å². The van der Waals surface area contributed by atoms with Crippen molar-refractivity contribution in [2.45, 2.75) is 51.8 Å². The first kappa shape index (κ1) is 14.1. The number of nitrogens with zero attached hydrogens (tertiary/aromatic N) is 2. The normalized spacial score (nSPS) is 14.6. The van der Waals surface area contributed by atoms with Crippen molar-refractivity contribution in [3.8, 4) is 5.75 Å². The molecule has 0 radical (unpaired) electrons. The van der Waals surface area contributed by atoms with Crippen molar-refractivity contribution >= 4 is 0 Å². The zero-order valence-corrected chi connectivity index (χ0v) is 12.5. The van der Waals surface area contributed by atoms with Crippen molar-refractivity contribution in [1.29, 1.82) is 0 Å². The standard InChI is InChI=1S/C16H21N3O2/c1-11(2)17-9-12-4-3-5-14(8-12)20-10-15-18-16(19-21-15)13-6-7-13/h3-5,8,11,13,17H,6-7,9-10H2,1-2H3. The van der Waals surface area contributed by atoms with Crippen LogP contribution in [-0.2, 0) is 13.2 Å².